The minimum atomic E-state index is -0.634. The van der Waals surface area contributed by atoms with Gasteiger partial charge >= 0.3 is 5.97 Å². The van der Waals surface area contributed by atoms with E-state index in [1.165, 1.54) is 32.1 Å². The summed E-state index contributed by atoms with van der Waals surface area (Å²) in [6.45, 7) is 5.68. The normalized spacial score (nSPS) is 24.9. The van der Waals surface area contributed by atoms with Gasteiger partial charge in [0.25, 0.3) is 0 Å². The molecule has 0 unspecified atom stereocenters. The highest BCUT2D eigenvalue weighted by atomic mass is 16.4. The first-order chi connectivity index (χ1) is 9.57. The molecule has 0 aromatic rings. The number of carboxylic acids is 1. The van der Waals surface area contributed by atoms with E-state index < -0.39 is 5.97 Å². The highest BCUT2D eigenvalue weighted by molar-refractivity contribution is 5.68. The Morgan fingerprint density at radius 2 is 1.85 bits per heavy atom. The van der Waals surface area contributed by atoms with E-state index in [0.29, 0.717) is 12.5 Å². The van der Waals surface area contributed by atoms with Gasteiger partial charge in [-0.05, 0) is 52.4 Å². The lowest BCUT2D eigenvalue weighted by Crippen LogP contribution is -2.56. The Balaban J connectivity index is 2.02. The number of likely N-dealkylation sites (tertiary alicyclic amines) is 1. The number of piperidine rings is 1. The molecule has 4 nitrogen and oxygen atoms in total. The summed E-state index contributed by atoms with van der Waals surface area (Å²) in [6.07, 6.45) is 8.45. The second-order valence-electron chi connectivity index (χ2n) is 6.63. The smallest absolute Gasteiger partial charge is 0.305 e. The zero-order chi connectivity index (χ0) is 14.6. The Hall–Kier alpha value is -0.610. The average Bonchev–Trinajstić information content (AvgIpc) is 2.47. The van der Waals surface area contributed by atoms with E-state index in [1.54, 1.807) is 0 Å². The summed E-state index contributed by atoms with van der Waals surface area (Å²) in [5.74, 6) is -0.634. The summed E-state index contributed by atoms with van der Waals surface area (Å²) >= 11 is 0. The molecule has 0 atom stereocenters. The van der Waals surface area contributed by atoms with Crippen molar-refractivity contribution in [2.24, 2.45) is 0 Å². The molecule has 2 fully saturated rings. The maximum atomic E-state index is 11.3. The fraction of sp³-hybridized carbons (Fsp3) is 0.938. The van der Waals surface area contributed by atoms with Crippen LogP contribution in [0.15, 0.2) is 0 Å². The van der Waals surface area contributed by atoms with Crippen molar-refractivity contribution in [2.45, 2.75) is 69.9 Å². The number of aliphatic carboxylic acids is 1. The first kappa shape index (κ1) is 15.8. The zero-order valence-corrected chi connectivity index (χ0v) is 13.1. The van der Waals surface area contributed by atoms with Crippen molar-refractivity contribution in [1.82, 2.24) is 9.80 Å². The van der Waals surface area contributed by atoms with E-state index in [9.17, 15) is 9.90 Å². The van der Waals surface area contributed by atoms with Crippen LogP contribution in [0.2, 0.25) is 0 Å². The Morgan fingerprint density at radius 1 is 1.25 bits per heavy atom. The maximum Gasteiger partial charge on any atom is 0.305 e. The predicted molar refractivity (Wildman–Crippen MR) is 81.0 cm³/mol. The van der Waals surface area contributed by atoms with Crippen molar-refractivity contribution in [3.63, 3.8) is 0 Å². The number of carboxylic acid groups (broad SMARTS) is 1. The van der Waals surface area contributed by atoms with Crippen molar-refractivity contribution in [3.8, 4) is 0 Å². The molecule has 1 aliphatic carbocycles. The Bertz CT molecular complexity index is 318. The van der Waals surface area contributed by atoms with Crippen LogP contribution in [-0.2, 0) is 4.79 Å². The van der Waals surface area contributed by atoms with Crippen LogP contribution in [0, 0.1) is 0 Å². The summed E-state index contributed by atoms with van der Waals surface area (Å²) in [5.41, 5.74) is -0.0802. The van der Waals surface area contributed by atoms with Gasteiger partial charge in [-0.25, -0.2) is 0 Å². The largest absolute Gasteiger partial charge is 0.481 e. The van der Waals surface area contributed by atoms with Crippen molar-refractivity contribution in [2.75, 3.05) is 26.7 Å². The molecular formula is C16H30N2O2. The molecule has 116 valence electrons. The molecule has 1 heterocycles. The lowest BCUT2D eigenvalue weighted by molar-refractivity contribution is -0.142. The van der Waals surface area contributed by atoms with Gasteiger partial charge in [-0.2, -0.15) is 0 Å². The number of hydrogen-bond acceptors (Lipinski definition) is 3. The first-order valence-corrected chi connectivity index (χ1v) is 8.24. The van der Waals surface area contributed by atoms with Gasteiger partial charge < -0.3 is 10.0 Å². The minimum Gasteiger partial charge on any atom is -0.481 e. The van der Waals surface area contributed by atoms with Crippen LogP contribution in [0.25, 0.3) is 0 Å². The van der Waals surface area contributed by atoms with Crippen molar-refractivity contribution in [3.05, 3.63) is 0 Å². The number of rotatable bonds is 5. The first-order valence-electron chi connectivity index (χ1n) is 8.24. The summed E-state index contributed by atoms with van der Waals surface area (Å²) in [7, 11) is 2.18. The SMILES string of the molecule is CCN1CCC(N(C)C2(CC(=O)O)CCCCC2)CC1. The van der Waals surface area contributed by atoms with Crippen LogP contribution < -0.4 is 0 Å². The monoisotopic (exact) mass is 282 g/mol. The number of hydrogen-bond donors (Lipinski definition) is 1. The average molecular weight is 282 g/mol. The number of carbonyl (C=O) groups is 1. The number of nitrogens with zero attached hydrogens (tertiary/aromatic N) is 2. The summed E-state index contributed by atoms with van der Waals surface area (Å²) < 4.78 is 0. The third kappa shape index (κ3) is 3.53. The molecule has 0 aromatic heterocycles. The van der Waals surface area contributed by atoms with Crippen LogP contribution in [0.4, 0.5) is 0 Å². The highest BCUT2D eigenvalue weighted by Crippen LogP contribution is 2.38. The molecule has 1 saturated carbocycles. The van der Waals surface area contributed by atoms with Gasteiger partial charge in [-0.1, -0.05) is 26.2 Å². The standard InChI is InChI=1S/C16H30N2O2/c1-3-18-11-7-14(8-12-18)17(2)16(13-15(19)20)9-5-4-6-10-16/h14H,3-13H2,1-2H3,(H,19,20). The maximum absolute atomic E-state index is 11.3. The van der Waals surface area contributed by atoms with Gasteiger partial charge in [0.15, 0.2) is 0 Å². The Morgan fingerprint density at radius 3 is 2.35 bits per heavy atom. The van der Waals surface area contributed by atoms with Gasteiger partial charge in [0.2, 0.25) is 0 Å². The van der Waals surface area contributed by atoms with E-state index in [0.717, 1.165) is 32.5 Å². The molecule has 0 spiro atoms. The van der Waals surface area contributed by atoms with Crippen LogP contribution in [-0.4, -0.2) is 59.1 Å². The van der Waals surface area contributed by atoms with Crippen molar-refractivity contribution < 1.29 is 9.90 Å². The Labute approximate surface area is 123 Å². The van der Waals surface area contributed by atoms with E-state index in [2.05, 4.69) is 23.8 Å². The van der Waals surface area contributed by atoms with Gasteiger partial charge in [-0.3, -0.25) is 9.69 Å². The molecular weight excluding hydrogens is 252 g/mol. The van der Waals surface area contributed by atoms with Crippen molar-refractivity contribution in [1.29, 1.82) is 0 Å². The van der Waals surface area contributed by atoms with Gasteiger partial charge in [0.1, 0.15) is 0 Å². The van der Waals surface area contributed by atoms with Crippen LogP contribution in [0.5, 0.6) is 0 Å². The molecule has 0 amide bonds. The third-order valence-electron chi connectivity index (χ3n) is 5.56. The zero-order valence-electron chi connectivity index (χ0n) is 13.1. The van der Waals surface area contributed by atoms with E-state index in [-0.39, 0.29) is 5.54 Å². The van der Waals surface area contributed by atoms with Crippen LogP contribution in [0.3, 0.4) is 0 Å². The summed E-state index contributed by atoms with van der Waals surface area (Å²) in [5, 5.41) is 9.32. The molecule has 20 heavy (non-hydrogen) atoms. The molecule has 0 bridgehead atoms. The summed E-state index contributed by atoms with van der Waals surface area (Å²) in [6, 6.07) is 0.565. The molecule has 2 rings (SSSR count). The molecule has 0 aromatic carbocycles. The Kier molecular flexibility index (Phi) is 5.44. The molecule has 1 saturated heterocycles. The van der Waals surface area contributed by atoms with Gasteiger partial charge in [0.05, 0.1) is 6.42 Å². The van der Waals surface area contributed by atoms with E-state index in [1.807, 2.05) is 0 Å². The second kappa shape index (κ2) is 6.90. The second-order valence-corrected chi connectivity index (χ2v) is 6.63. The molecule has 1 aliphatic heterocycles. The molecule has 4 heteroatoms. The lowest BCUT2D eigenvalue weighted by atomic mass is 9.76. The predicted octanol–water partition coefficient (Wildman–Crippen LogP) is 2.58. The minimum absolute atomic E-state index is 0.0802. The van der Waals surface area contributed by atoms with Gasteiger partial charge in [-0.15, -0.1) is 0 Å². The van der Waals surface area contributed by atoms with E-state index >= 15 is 0 Å². The summed E-state index contributed by atoms with van der Waals surface area (Å²) in [4.78, 5) is 16.3. The molecule has 0 radical (unpaired) electrons. The fourth-order valence-corrected chi connectivity index (χ4v) is 4.16. The van der Waals surface area contributed by atoms with E-state index in [4.69, 9.17) is 0 Å². The fourth-order valence-electron chi connectivity index (χ4n) is 4.16. The van der Waals surface area contributed by atoms with Gasteiger partial charge in [0, 0.05) is 11.6 Å². The topological polar surface area (TPSA) is 43.8 Å². The van der Waals surface area contributed by atoms with Crippen molar-refractivity contribution >= 4 is 5.97 Å². The molecule has 2 aliphatic rings. The third-order valence-corrected chi connectivity index (χ3v) is 5.56. The van der Waals surface area contributed by atoms with Crippen LogP contribution >= 0.6 is 0 Å². The quantitative estimate of drug-likeness (QED) is 0.842. The molecule has 1 N–H and O–H groups in total. The highest BCUT2D eigenvalue weighted by Gasteiger charge is 2.41. The van der Waals surface area contributed by atoms with Crippen LogP contribution in [0.1, 0.15) is 58.3 Å². The lowest BCUT2D eigenvalue weighted by Gasteiger charge is -2.49.